The molecule has 1 N–H and O–H groups in total. The van der Waals surface area contributed by atoms with Crippen LogP contribution in [0.5, 0.6) is 0 Å². The van der Waals surface area contributed by atoms with Crippen LogP contribution in [0, 0.1) is 5.41 Å². The lowest BCUT2D eigenvalue weighted by Gasteiger charge is -2.26. The van der Waals surface area contributed by atoms with Gasteiger partial charge in [-0.15, -0.1) is 0 Å². The predicted molar refractivity (Wildman–Crippen MR) is 70.9 cm³/mol. The average molecular weight is 290 g/mol. The van der Waals surface area contributed by atoms with Crippen molar-refractivity contribution in [1.29, 1.82) is 0 Å². The molecule has 0 spiro atoms. The summed E-state index contributed by atoms with van der Waals surface area (Å²) in [6.45, 7) is 3.50. The molecule has 0 saturated carbocycles. The lowest BCUT2D eigenvalue weighted by Crippen LogP contribution is -2.43. The van der Waals surface area contributed by atoms with Crippen LogP contribution < -0.4 is 0 Å². The van der Waals surface area contributed by atoms with Crippen molar-refractivity contribution in [1.82, 2.24) is 8.61 Å². The normalized spacial score (nSPS) is 29.9. The van der Waals surface area contributed by atoms with Crippen molar-refractivity contribution in [3.63, 3.8) is 0 Å². The van der Waals surface area contributed by atoms with Gasteiger partial charge >= 0.3 is 5.97 Å². The Morgan fingerprint density at radius 3 is 2.37 bits per heavy atom. The van der Waals surface area contributed by atoms with E-state index in [0.29, 0.717) is 32.5 Å². The van der Waals surface area contributed by atoms with Crippen LogP contribution in [-0.2, 0) is 15.0 Å². The third-order valence-corrected chi connectivity index (χ3v) is 6.20. The van der Waals surface area contributed by atoms with E-state index in [1.807, 2.05) is 6.92 Å². The minimum atomic E-state index is -3.46. The van der Waals surface area contributed by atoms with Gasteiger partial charge in [-0.05, 0) is 25.7 Å². The van der Waals surface area contributed by atoms with E-state index in [0.717, 1.165) is 19.3 Å². The summed E-state index contributed by atoms with van der Waals surface area (Å²) >= 11 is 0. The van der Waals surface area contributed by atoms with Gasteiger partial charge in [-0.3, -0.25) is 4.79 Å². The summed E-state index contributed by atoms with van der Waals surface area (Å²) in [4.78, 5) is 11.5. The van der Waals surface area contributed by atoms with E-state index >= 15 is 0 Å². The Labute approximate surface area is 114 Å². The molecule has 1 atom stereocenters. The fourth-order valence-corrected chi connectivity index (χ4v) is 4.86. The molecule has 7 heteroatoms. The van der Waals surface area contributed by atoms with Crippen molar-refractivity contribution in [3.05, 3.63) is 0 Å². The third kappa shape index (κ3) is 2.64. The number of nitrogens with zero attached hydrogens (tertiary/aromatic N) is 2. The van der Waals surface area contributed by atoms with Crippen LogP contribution in [0.3, 0.4) is 0 Å². The Morgan fingerprint density at radius 1 is 1.21 bits per heavy atom. The Hall–Kier alpha value is -0.660. The van der Waals surface area contributed by atoms with Crippen LogP contribution in [0.2, 0.25) is 0 Å². The minimum absolute atomic E-state index is 0.120. The summed E-state index contributed by atoms with van der Waals surface area (Å²) in [5.41, 5.74) is -0.887. The van der Waals surface area contributed by atoms with Gasteiger partial charge < -0.3 is 5.11 Å². The number of carbonyl (C=O) groups is 1. The average Bonchev–Trinajstić information content (AvgIpc) is 2.99. The third-order valence-electron chi connectivity index (χ3n) is 4.22. The number of carboxylic acid groups (broad SMARTS) is 1. The topological polar surface area (TPSA) is 77.9 Å². The Kier molecular flexibility index (Phi) is 4.17. The first-order chi connectivity index (χ1) is 8.92. The van der Waals surface area contributed by atoms with E-state index in [9.17, 15) is 18.3 Å². The lowest BCUT2D eigenvalue weighted by atomic mass is 9.83. The molecule has 0 aromatic rings. The van der Waals surface area contributed by atoms with Crippen LogP contribution >= 0.6 is 0 Å². The van der Waals surface area contributed by atoms with Crippen molar-refractivity contribution in [3.8, 4) is 0 Å². The standard InChI is InChI=1S/C12H22N2O4S/c1-2-5-12(11(15)16)6-9-14(10-12)19(17,18)13-7-3-4-8-13/h2-10H2,1H3,(H,15,16). The quantitative estimate of drug-likeness (QED) is 0.816. The first-order valence-electron chi connectivity index (χ1n) is 6.91. The van der Waals surface area contributed by atoms with Gasteiger partial charge in [0.2, 0.25) is 0 Å². The van der Waals surface area contributed by atoms with E-state index in [1.165, 1.54) is 8.61 Å². The minimum Gasteiger partial charge on any atom is -0.481 e. The highest BCUT2D eigenvalue weighted by Gasteiger charge is 2.48. The molecular formula is C12H22N2O4S. The number of rotatable bonds is 5. The number of hydrogen-bond donors (Lipinski definition) is 1. The van der Waals surface area contributed by atoms with Crippen LogP contribution in [0.25, 0.3) is 0 Å². The zero-order valence-electron chi connectivity index (χ0n) is 11.3. The van der Waals surface area contributed by atoms with Crippen molar-refractivity contribution < 1.29 is 18.3 Å². The number of hydrogen-bond acceptors (Lipinski definition) is 3. The molecule has 19 heavy (non-hydrogen) atoms. The summed E-state index contributed by atoms with van der Waals surface area (Å²) in [6.07, 6.45) is 3.50. The maximum absolute atomic E-state index is 12.4. The molecule has 2 heterocycles. The smallest absolute Gasteiger partial charge is 0.311 e. The van der Waals surface area contributed by atoms with Crippen molar-refractivity contribution in [2.45, 2.75) is 39.0 Å². The summed E-state index contributed by atoms with van der Waals surface area (Å²) in [5.74, 6) is -0.867. The van der Waals surface area contributed by atoms with Gasteiger partial charge in [0, 0.05) is 26.2 Å². The lowest BCUT2D eigenvalue weighted by molar-refractivity contribution is -0.148. The van der Waals surface area contributed by atoms with E-state index in [-0.39, 0.29) is 6.54 Å². The first kappa shape index (κ1) is 14.7. The van der Waals surface area contributed by atoms with Crippen LogP contribution in [-0.4, -0.2) is 54.3 Å². The van der Waals surface area contributed by atoms with Crippen LogP contribution in [0.1, 0.15) is 39.0 Å². The molecule has 2 aliphatic rings. The van der Waals surface area contributed by atoms with Gasteiger partial charge in [0.05, 0.1) is 5.41 Å². The number of carboxylic acids is 1. The van der Waals surface area contributed by atoms with E-state index < -0.39 is 21.6 Å². The molecule has 0 bridgehead atoms. The van der Waals surface area contributed by atoms with Crippen molar-refractivity contribution in [2.75, 3.05) is 26.2 Å². The molecule has 0 aromatic carbocycles. The predicted octanol–water partition coefficient (Wildman–Crippen LogP) is 0.904. The second-order valence-electron chi connectivity index (χ2n) is 5.53. The van der Waals surface area contributed by atoms with Crippen LogP contribution in [0.4, 0.5) is 0 Å². The van der Waals surface area contributed by atoms with E-state index in [1.54, 1.807) is 0 Å². The highest BCUT2D eigenvalue weighted by molar-refractivity contribution is 7.86. The van der Waals surface area contributed by atoms with Gasteiger partial charge in [0.1, 0.15) is 0 Å². The van der Waals surface area contributed by atoms with E-state index in [4.69, 9.17) is 0 Å². The highest BCUT2D eigenvalue weighted by atomic mass is 32.2. The van der Waals surface area contributed by atoms with Gasteiger partial charge in [0.25, 0.3) is 10.2 Å². The summed E-state index contributed by atoms with van der Waals surface area (Å²) < 4.78 is 27.7. The molecule has 0 aliphatic carbocycles. The highest BCUT2D eigenvalue weighted by Crippen LogP contribution is 2.37. The SMILES string of the molecule is CCCC1(C(=O)O)CCN(S(=O)(=O)N2CCCC2)C1. The maximum atomic E-state index is 12.4. The zero-order valence-corrected chi connectivity index (χ0v) is 12.2. The first-order valence-corrected chi connectivity index (χ1v) is 8.31. The molecule has 2 aliphatic heterocycles. The summed E-state index contributed by atoms with van der Waals surface area (Å²) in [6, 6.07) is 0. The number of aliphatic carboxylic acids is 1. The fourth-order valence-electron chi connectivity index (χ4n) is 3.08. The molecule has 1 unspecified atom stereocenters. The molecule has 110 valence electrons. The molecular weight excluding hydrogens is 268 g/mol. The van der Waals surface area contributed by atoms with Gasteiger partial charge in [0.15, 0.2) is 0 Å². The fraction of sp³-hybridized carbons (Fsp3) is 0.917. The van der Waals surface area contributed by atoms with Gasteiger partial charge in [-0.25, -0.2) is 0 Å². The second-order valence-corrected chi connectivity index (χ2v) is 7.46. The zero-order chi connectivity index (χ0) is 14.1. The maximum Gasteiger partial charge on any atom is 0.311 e. The van der Waals surface area contributed by atoms with Crippen molar-refractivity contribution in [2.24, 2.45) is 5.41 Å². The van der Waals surface area contributed by atoms with Gasteiger partial charge in [-0.2, -0.15) is 17.0 Å². The van der Waals surface area contributed by atoms with Gasteiger partial charge in [-0.1, -0.05) is 13.3 Å². The molecule has 0 amide bonds. The molecule has 6 nitrogen and oxygen atoms in total. The second kappa shape index (κ2) is 5.38. The molecule has 0 radical (unpaired) electrons. The Morgan fingerprint density at radius 2 is 1.84 bits per heavy atom. The molecule has 2 fully saturated rings. The Bertz CT molecular complexity index is 445. The molecule has 2 rings (SSSR count). The Balaban J connectivity index is 2.14. The molecule has 0 aromatic heterocycles. The summed E-state index contributed by atoms with van der Waals surface area (Å²) in [5, 5.41) is 9.41. The molecule has 2 saturated heterocycles. The largest absolute Gasteiger partial charge is 0.481 e. The summed E-state index contributed by atoms with van der Waals surface area (Å²) in [7, 11) is -3.46. The van der Waals surface area contributed by atoms with Crippen LogP contribution in [0.15, 0.2) is 0 Å². The monoisotopic (exact) mass is 290 g/mol. The van der Waals surface area contributed by atoms with E-state index in [2.05, 4.69) is 0 Å². The van der Waals surface area contributed by atoms with Crippen molar-refractivity contribution >= 4 is 16.2 Å².